The molecule has 2 atom stereocenters. The molecule has 1 N–H and O–H groups in total. The first-order valence-corrected chi connectivity index (χ1v) is 8.32. The predicted octanol–water partition coefficient (Wildman–Crippen LogP) is 3.28. The number of methoxy groups -OCH3 is 1. The van der Waals surface area contributed by atoms with Crippen molar-refractivity contribution in [1.82, 2.24) is 10.1 Å². The van der Waals surface area contributed by atoms with E-state index in [0.717, 1.165) is 51.4 Å². The van der Waals surface area contributed by atoms with Crippen molar-refractivity contribution < 1.29 is 14.4 Å². The molecule has 0 amide bonds. The summed E-state index contributed by atoms with van der Waals surface area (Å²) in [6.07, 6.45) is 10.2. The number of nitrogens with zero attached hydrogens (tertiary/aromatic N) is 2. The minimum absolute atomic E-state index is 0.00810. The van der Waals surface area contributed by atoms with Crippen LogP contribution in [0.15, 0.2) is 4.52 Å². The molecule has 21 heavy (non-hydrogen) atoms. The van der Waals surface area contributed by atoms with Gasteiger partial charge in [0.05, 0.1) is 12.0 Å². The molecular weight excluding hydrogens is 268 g/mol. The molecule has 2 saturated carbocycles. The Morgan fingerprint density at radius 2 is 1.81 bits per heavy atom. The van der Waals surface area contributed by atoms with Crippen molar-refractivity contribution in [3.05, 3.63) is 11.7 Å². The summed E-state index contributed by atoms with van der Waals surface area (Å²) in [5.74, 6) is 1.27. The number of rotatable bonds is 3. The summed E-state index contributed by atoms with van der Waals surface area (Å²) < 4.78 is 11.3. The Morgan fingerprint density at radius 1 is 1.10 bits per heavy atom. The first-order valence-electron chi connectivity index (χ1n) is 8.32. The van der Waals surface area contributed by atoms with Gasteiger partial charge in [0.2, 0.25) is 11.7 Å². The summed E-state index contributed by atoms with van der Waals surface area (Å²) in [7, 11) is 1.74. The van der Waals surface area contributed by atoms with E-state index in [2.05, 4.69) is 10.1 Å². The molecule has 2 unspecified atom stereocenters. The van der Waals surface area contributed by atoms with Crippen LogP contribution in [0.5, 0.6) is 0 Å². The number of ether oxygens (including phenoxy) is 1. The Labute approximate surface area is 126 Å². The Balaban J connectivity index is 1.81. The second-order valence-corrected chi connectivity index (χ2v) is 6.53. The molecule has 0 aromatic carbocycles. The Bertz CT molecular complexity index is 454. The molecule has 0 radical (unpaired) electrons. The quantitative estimate of drug-likeness (QED) is 0.866. The maximum Gasteiger partial charge on any atom is 0.232 e. The van der Waals surface area contributed by atoms with E-state index in [1.165, 1.54) is 12.8 Å². The van der Waals surface area contributed by atoms with Gasteiger partial charge in [0, 0.05) is 7.11 Å². The molecule has 0 bridgehead atoms. The Kier molecular flexibility index (Phi) is 4.60. The van der Waals surface area contributed by atoms with E-state index >= 15 is 0 Å². The molecule has 0 saturated heterocycles. The molecule has 3 rings (SSSR count). The lowest BCUT2D eigenvalue weighted by Gasteiger charge is -2.32. The minimum Gasteiger partial charge on any atom is -0.392 e. The number of aliphatic hydroxyl groups excluding tert-OH is 1. The van der Waals surface area contributed by atoms with Crippen LogP contribution in [0.4, 0.5) is 0 Å². The summed E-state index contributed by atoms with van der Waals surface area (Å²) in [4.78, 5) is 4.63. The molecule has 1 heterocycles. The second-order valence-electron chi connectivity index (χ2n) is 6.53. The number of aromatic nitrogens is 2. The highest BCUT2D eigenvalue weighted by atomic mass is 16.5. The van der Waals surface area contributed by atoms with E-state index < -0.39 is 0 Å². The lowest BCUT2D eigenvalue weighted by molar-refractivity contribution is -0.0527. The molecule has 118 valence electrons. The van der Waals surface area contributed by atoms with Crippen molar-refractivity contribution in [2.45, 2.75) is 81.8 Å². The normalized spacial score (nSPS) is 30.0. The van der Waals surface area contributed by atoms with Gasteiger partial charge >= 0.3 is 0 Å². The summed E-state index contributed by atoms with van der Waals surface area (Å²) in [5, 5.41) is 14.5. The van der Waals surface area contributed by atoms with E-state index in [1.54, 1.807) is 7.11 Å². The van der Waals surface area contributed by atoms with Gasteiger partial charge in [-0.05, 0) is 25.7 Å². The molecular formula is C16H26N2O3. The van der Waals surface area contributed by atoms with Crippen LogP contribution in [0.25, 0.3) is 0 Å². The molecule has 2 fully saturated rings. The maximum absolute atomic E-state index is 10.3. The van der Waals surface area contributed by atoms with Crippen molar-refractivity contribution in [3.63, 3.8) is 0 Å². The fourth-order valence-electron chi connectivity index (χ4n) is 3.79. The average molecular weight is 294 g/mol. The van der Waals surface area contributed by atoms with Crippen LogP contribution in [0, 0.1) is 0 Å². The Hall–Kier alpha value is -0.940. The fourth-order valence-corrected chi connectivity index (χ4v) is 3.79. The van der Waals surface area contributed by atoms with Gasteiger partial charge in [0.25, 0.3) is 0 Å². The maximum atomic E-state index is 10.3. The Morgan fingerprint density at radius 3 is 2.57 bits per heavy atom. The van der Waals surface area contributed by atoms with Gasteiger partial charge < -0.3 is 14.4 Å². The highest BCUT2D eigenvalue weighted by molar-refractivity contribution is 5.06. The van der Waals surface area contributed by atoms with Gasteiger partial charge in [-0.25, -0.2) is 0 Å². The third-order valence-electron chi connectivity index (χ3n) is 5.20. The standard InChI is InChI=1S/C16H26N2O3/c1-20-16(10-6-3-7-11-16)15-17-14(21-18-15)12-8-4-2-5-9-13(12)19/h12-13,19H,2-11H2,1H3. The number of hydrogen-bond donors (Lipinski definition) is 1. The number of aliphatic hydroxyl groups is 1. The lowest BCUT2D eigenvalue weighted by atomic mass is 9.84. The van der Waals surface area contributed by atoms with Crippen LogP contribution < -0.4 is 0 Å². The molecule has 2 aliphatic rings. The second kappa shape index (κ2) is 6.44. The van der Waals surface area contributed by atoms with Crippen LogP contribution in [0.2, 0.25) is 0 Å². The SMILES string of the molecule is COC1(c2noc(C3CCCCCC3O)n2)CCCCC1. The first kappa shape index (κ1) is 15.0. The third-order valence-corrected chi connectivity index (χ3v) is 5.20. The highest BCUT2D eigenvalue weighted by Gasteiger charge is 2.39. The van der Waals surface area contributed by atoms with Gasteiger partial charge in [-0.1, -0.05) is 43.7 Å². The molecule has 5 heteroatoms. The van der Waals surface area contributed by atoms with E-state index in [1.807, 2.05) is 0 Å². The monoisotopic (exact) mass is 294 g/mol. The summed E-state index contributed by atoms with van der Waals surface area (Å²) in [6, 6.07) is 0. The zero-order valence-corrected chi connectivity index (χ0v) is 12.9. The molecule has 1 aromatic heterocycles. The van der Waals surface area contributed by atoms with Crippen LogP contribution in [-0.2, 0) is 10.3 Å². The lowest BCUT2D eigenvalue weighted by Crippen LogP contribution is -2.32. The van der Waals surface area contributed by atoms with E-state index in [9.17, 15) is 5.11 Å². The minimum atomic E-state index is -0.379. The summed E-state index contributed by atoms with van der Waals surface area (Å²) in [5.41, 5.74) is -0.379. The molecule has 0 aliphatic heterocycles. The van der Waals surface area contributed by atoms with Crippen molar-refractivity contribution in [2.24, 2.45) is 0 Å². The third kappa shape index (κ3) is 2.99. The first-order chi connectivity index (χ1) is 10.2. The molecule has 1 aromatic rings. The van der Waals surface area contributed by atoms with Crippen LogP contribution >= 0.6 is 0 Å². The molecule has 5 nitrogen and oxygen atoms in total. The van der Waals surface area contributed by atoms with Crippen molar-refractivity contribution in [3.8, 4) is 0 Å². The van der Waals surface area contributed by atoms with Gasteiger partial charge in [0.1, 0.15) is 5.60 Å². The molecule has 2 aliphatic carbocycles. The van der Waals surface area contributed by atoms with Gasteiger partial charge in [-0.3, -0.25) is 0 Å². The summed E-state index contributed by atoms with van der Waals surface area (Å²) in [6.45, 7) is 0. The van der Waals surface area contributed by atoms with Gasteiger partial charge in [-0.2, -0.15) is 4.98 Å². The van der Waals surface area contributed by atoms with Crippen molar-refractivity contribution in [2.75, 3.05) is 7.11 Å². The van der Waals surface area contributed by atoms with E-state index in [0.29, 0.717) is 11.7 Å². The van der Waals surface area contributed by atoms with Gasteiger partial charge in [-0.15, -0.1) is 0 Å². The number of hydrogen-bond acceptors (Lipinski definition) is 5. The summed E-state index contributed by atoms with van der Waals surface area (Å²) >= 11 is 0. The predicted molar refractivity (Wildman–Crippen MR) is 77.9 cm³/mol. The van der Waals surface area contributed by atoms with Crippen LogP contribution in [0.1, 0.15) is 81.8 Å². The van der Waals surface area contributed by atoms with E-state index in [-0.39, 0.29) is 17.6 Å². The zero-order valence-electron chi connectivity index (χ0n) is 12.9. The van der Waals surface area contributed by atoms with Crippen LogP contribution in [-0.4, -0.2) is 28.5 Å². The molecule has 0 spiro atoms. The van der Waals surface area contributed by atoms with Crippen molar-refractivity contribution in [1.29, 1.82) is 0 Å². The topological polar surface area (TPSA) is 68.4 Å². The van der Waals surface area contributed by atoms with E-state index in [4.69, 9.17) is 9.26 Å². The zero-order chi connectivity index (χ0) is 14.7. The van der Waals surface area contributed by atoms with Crippen molar-refractivity contribution >= 4 is 0 Å². The fraction of sp³-hybridized carbons (Fsp3) is 0.875. The highest BCUT2D eigenvalue weighted by Crippen LogP contribution is 2.39. The average Bonchev–Trinajstić information content (AvgIpc) is 2.92. The smallest absolute Gasteiger partial charge is 0.232 e. The van der Waals surface area contributed by atoms with Gasteiger partial charge in [0.15, 0.2) is 0 Å². The van der Waals surface area contributed by atoms with Crippen LogP contribution in [0.3, 0.4) is 0 Å². The largest absolute Gasteiger partial charge is 0.392 e.